The van der Waals surface area contributed by atoms with E-state index in [9.17, 15) is 4.79 Å². The van der Waals surface area contributed by atoms with Gasteiger partial charge in [-0.1, -0.05) is 43.5 Å². The van der Waals surface area contributed by atoms with Crippen molar-refractivity contribution in [2.75, 3.05) is 13.1 Å². The number of para-hydroxylation sites is 1. The third-order valence-corrected chi connectivity index (χ3v) is 6.02. The molecule has 132 valence electrons. The normalized spacial score (nSPS) is 19.2. The van der Waals surface area contributed by atoms with Gasteiger partial charge in [0.05, 0.1) is 0 Å². The van der Waals surface area contributed by atoms with Crippen molar-refractivity contribution in [3.8, 4) is 0 Å². The highest BCUT2D eigenvalue weighted by molar-refractivity contribution is 5.94. The smallest absolute Gasteiger partial charge is 0.223 e. The Morgan fingerprint density at radius 2 is 2.08 bits per heavy atom. The zero-order valence-electron chi connectivity index (χ0n) is 15.2. The minimum absolute atomic E-state index is 0.358. The predicted octanol–water partition coefficient (Wildman–Crippen LogP) is 5.06. The zero-order chi connectivity index (χ0) is 17.2. The standard InChI is InChI=1S/C22H28N2O/c1-16-6-5-9-19-20(15-23-22(16)19)18-10-12-24(13-11-18)21(25)14-17-7-3-2-4-8-17/h5-6,9-10,15,17,23H,2-4,7-8,11-14H2,1H3. The fourth-order valence-electron chi connectivity index (χ4n) is 4.48. The summed E-state index contributed by atoms with van der Waals surface area (Å²) in [6, 6.07) is 6.46. The van der Waals surface area contributed by atoms with Crippen LogP contribution in [0.25, 0.3) is 16.5 Å². The summed E-state index contributed by atoms with van der Waals surface area (Å²) in [4.78, 5) is 18.1. The van der Waals surface area contributed by atoms with E-state index in [2.05, 4.69) is 47.3 Å². The van der Waals surface area contributed by atoms with E-state index >= 15 is 0 Å². The SMILES string of the molecule is Cc1cccc2c(C3=CCN(C(=O)CC4CCCCC4)CC3)c[nH]c12. The predicted molar refractivity (Wildman–Crippen MR) is 103 cm³/mol. The molecule has 1 amide bonds. The molecule has 1 fully saturated rings. The van der Waals surface area contributed by atoms with Crippen LogP contribution in [0.2, 0.25) is 0 Å². The first-order valence-corrected chi connectivity index (χ1v) is 9.76. The second kappa shape index (κ2) is 7.07. The molecule has 3 nitrogen and oxygen atoms in total. The van der Waals surface area contributed by atoms with Crippen molar-refractivity contribution in [3.63, 3.8) is 0 Å². The van der Waals surface area contributed by atoms with E-state index in [0.29, 0.717) is 11.8 Å². The molecule has 0 unspecified atom stereocenters. The minimum atomic E-state index is 0.358. The number of aromatic nitrogens is 1. The maximum atomic E-state index is 12.6. The number of hydrogen-bond donors (Lipinski definition) is 1. The number of rotatable bonds is 3. The van der Waals surface area contributed by atoms with Crippen LogP contribution in [-0.2, 0) is 4.79 Å². The van der Waals surface area contributed by atoms with Crippen molar-refractivity contribution in [1.29, 1.82) is 0 Å². The average molecular weight is 336 g/mol. The Balaban J connectivity index is 1.44. The summed E-state index contributed by atoms with van der Waals surface area (Å²) in [5.74, 6) is 0.986. The van der Waals surface area contributed by atoms with E-state index in [1.54, 1.807) is 0 Å². The number of nitrogens with zero attached hydrogens (tertiary/aromatic N) is 1. The van der Waals surface area contributed by atoms with E-state index < -0.39 is 0 Å². The van der Waals surface area contributed by atoms with Gasteiger partial charge in [0, 0.05) is 42.2 Å². The number of carbonyl (C=O) groups is 1. The highest BCUT2D eigenvalue weighted by atomic mass is 16.2. The van der Waals surface area contributed by atoms with E-state index in [1.807, 2.05) is 0 Å². The molecule has 0 radical (unpaired) electrons. The molecule has 1 aliphatic heterocycles. The lowest BCUT2D eigenvalue weighted by Gasteiger charge is -2.29. The fraction of sp³-hybridized carbons (Fsp3) is 0.500. The van der Waals surface area contributed by atoms with Gasteiger partial charge in [0.1, 0.15) is 0 Å². The van der Waals surface area contributed by atoms with E-state index in [1.165, 1.54) is 59.7 Å². The van der Waals surface area contributed by atoms with Gasteiger partial charge in [-0.2, -0.15) is 0 Å². The Morgan fingerprint density at radius 1 is 1.24 bits per heavy atom. The van der Waals surface area contributed by atoms with Crippen molar-refractivity contribution in [3.05, 3.63) is 41.6 Å². The van der Waals surface area contributed by atoms with Crippen LogP contribution in [-0.4, -0.2) is 28.9 Å². The molecule has 1 aliphatic carbocycles. The molecular weight excluding hydrogens is 308 g/mol. The Morgan fingerprint density at radius 3 is 2.84 bits per heavy atom. The zero-order valence-corrected chi connectivity index (χ0v) is 15.2. The van der Waals surface area contributed by atoms with Crippen LogP contribution in [0.5, 0.6) is 0 Å². The lowest BCUT2D eigenvalue weighted by Crippen LogP contribution is -2.35. The molecule has 0 spiro atoms. The molecule has 2 heterocycles. The molecule has 25 heavy (non-hydrogen) atoms. The molecule has 1 saturated carbocycles. The summed E-state index contributed by atoms with van der Waals surface area (Å²) >= 11 is 0. The van der Waals surface area contributed by atoms with Gasteiger partial charge in [-0.05, 0) is 43.2 Å². The number of fused-ring (bicyclic) bond motifs is 1. The molecule has 1 N–H and O–H groups in total. The van der Waals surface area contributed by atoms with E-state index in [4.69, 9.17) is 0 Å². The van der Waals surface area contributed by atoms with Crippen LogP contribution in [0, 0.1) is 12.8 Å². The van der Waals surface area contributed by atoms with Crippen LogP contribution in [0.4, 0.5) is 0 Å². The number of carbonyl (C=O) groups excluding carboxylic acids is 1. The van der Waals surface area contributed by atoms with Gasteiger partial charge < -0.3 is 9.88 Å². The number of nitrogens with one attached hydrogen (secondary N) is 1. The molecule has 4 rings (SSSR count). The molecule has 0 saturated heterocycles. The number of aromatic amines is 1. The molecule has 2 aliphatic rings. The molecule has 0 atom stereocenters. The first-order chi connectivity index (χ1) is 12.2. The first-order valence-electron chi connectivity index (χ1n) is 9.76. The maximum Gasteiger partial charge on any atom is 0.223 e. The summed E-state index contributed by atoms with van der Waals surface area (Å²) < 4.78 is 0. The summed E-state index contributed by atoms with van der Waals surface area (Å²) in [5, 5.41) is 1.30. The van der Waals surface area contributed by atoms with Gasteiger partial charge in [0.2, 0.25) is 5.91 Å². The highest BCUT2D eigenvalue weighted by Gasteiger charge is 2.23. The van der Waals surface area contributed by atoms with Gasteiger partial charge in [-0.15, -0.1) is 0 Å². The first kappa shape index (κ1) is 16.4. The number of aryl methyl sites for hydroxylation is 1. The van der Waals surface area contributed by atoms with Crippen molar-refractivity contribution >= 4 is 22.4 Å². The quantitative estimate of drug-likeness (QED) is 0.835. The summed E-state index contributed by atoms with van der Waals surface area (Å²) in [6.45, 7) is 3.76. The van der Waals surface area contributed by atoms with Gasteiger partial charge >= 0.3 is 0 Å². The van der Waals surface area contributed by atoms with Crippen LogP contribution in [0.15, 0.2) is 30.5 Å². The maximum absolute atomic E-state index is 12.6. The minimum Gasteiger partial charge on any atom is -0.360 e. The molecular formula is C22H28N2O. The highest BCUT2D eigenvalue weighted by Crippen LogP contribution is 2.31. The largest absolute Gasteiger partial charge is 0.360 e. The summed E-state index contributed by atoms with van der Waals surface area (Å²) in [5.41, 5.74) is 5.19. The third kappa shape index (κ3) is 3.37. The number of hydrogen-bond acceptors (Lipinski definition) is 1. The van der Waals surface area contributed by atoms with E-state index in [0.717, 1.165) is 25.9 Å². The Bertz CT molecular complexity index is 795. The van der Waals surface area contributed by atoms with E-state index in [-0.39, 0.29) is 0 Å². The monoisotopic (exact) mass is 336 g/mol. The topological polar surface area (TPSA) is 36.1 Å². The number of amides is 1. The van der Waals surface area contributed by atoms with Crippen LogP contribution in [0.3, 0.4) is 0 Å². The van der Waals surface area contributed by atoms with Crippen molar-refractivity contribution in [2.45, 2.75) is 51.9 Å². The molecule has 0 bridgehead atoms. The van der Waals surface area contributed by atoms with Gasteiger partial charge in [0.15, 0.2) is 0 Å². The Kier molecular flexibility index (Phi) is 4.65. The van der Waals surface area contributed by atoms with Crippen molar-refractivity contribution in [2.24, 2.45) is 5.92 Å². The summed E-state index contributed by atoms with van der Waals surface area (Å²) in [6.07, 6.45) is 12.6. The third-order valence-electron chi connectivity index (χ3n) is 6.02. The van der Waals surface area contributed by atoms with Crippen LogP contribution < -0.4 is 0 Å². The lowest BCUT2D eigenvalue weighted by atomic mass is 9.86. The van der Waals surface area contributed by atoms with Gasteiger partial charge in [0.25, 0.3) is 0 Å². The molecule has 3 heteroatoms. The second-order valence-corrected chi connectivity index (χ2v) is 7.73. The van der Waals surface area contributed by atoms with Crippen molar-refractivity contribution < 1.29 is 4.79 Å². The fourth-order valence-corrected chi connectivity index (χ4v) is 4.48. The lowest BCUT2D eigenvalue weighted by molar-refractivity contribution is -0.132. The molecule has 2 aromatic rings. The molecule has 1 aromatic heterocycles. The number of benzene rings is 1. The van der Waals surface area contributed by atoms with Crippen LogP contribution in [0.1, 0.15) is 56.1 Å². The van der Waals surface area contributed by atoms with Crippen molar-refractivity contribution in [1.82, 2.24) is 9.88 Å². The Labute approximate surface area is 150 Å². The molecule has 1 aromatic carbocycles. The van der Waals surface area contributed by atoms with Gasteiger partial charge in [-0.3, -0.25) is 4.79 Å². The Hall–Kier alpha value is -2.03. The van der Waals surface area contributed by atoms with Crippen LogP contribution >= 0.6 is 0 Å². The average Bonchev–Trinajstić information content (AvgIpc) is 3.08. The van der Waals surface area contributed by atoms with Gasteiger partial charge in [-0.25, -0.2) is 0 Å². The number of H-pyrrole nitrogens is 1. The second-order valence-electron chi connectivity index (χ2n) is 7.73. The summed E-state index contributed by atoms with van der Waals surface area (Å²) in [7, 11) is 0.